The van der Waals surface area contributed by atoms with Gasteiger partial charge in [0.15, 0.2) is 0 Å². The van der Waals surface area contributed by atoms with E-state index < -0.39 is 0 Å². The van der Waals surface area contributed by atoms with Gasteiger partial charge in [-0.2, -0.15) is 0 Å². The van der Waals surface area contributed by atoms with Gasteiger partial charge in [-0.15, -0.1) is 0 Å². The van der Waals surface area contributed by atoms with Crippen LogP contribution in [0.1, 0.15) is 30.4 Å². The lowest BCUT2D eigenvalue weighted by Crippen LogP contribution is -2.10. The first-order chi connectivity index (χ1) is 7.81. The molecule has 2 rings (SSSR count). The van der Waals surface area contributed by atoms with Crippen molar-refractivity contribution in [3.05, 3.63) is 35.4 Å². The summed E-state index contributed by atoms with van der Waals surface area (Å²) >= 11 is 0. The van der Waals surface area contributed by atoms with Crippen LogP contribution in [0.3, 0.4) is 0 Å². The molecule has 0 amide bonds. The number of rotatable bonds is 4. The molecule has 1 aliphatic heterocycles. The molecule has 2 heteroatoms. The Labute approximate surface area is 97.8 Å². The Morgan fingerprint density at radius 3 is 2.69 bits per heavy atom. The smallest absolute Gasteiger partial charge is 0.0500 e. The minimum absolute atomic E-state index is 0.606. The van der Waals surface area contributed by atoms with Gasteiger partial charge >= 0.3 is 0 Å². The van der Waals surface area contributed by atoms with E-state index in [1.165, 1.54) is 17.5 Å². The van der Waals surface area contributed by atoms with E-state index in [1.54, 1.807) is 0 Å². The third-order valence-corrected chi connectivity index (χ3v) is 3.61. The maximum atomic E-state index is 5.54. The zero-order valence-corrected chi connectivity index (χ0v) is 9.99. The predicted molar refractivity (Wildman–Crippen MR) is 66.5 cm³/mol. The zero-order chi connectivity index (χ0) is 11.4. The van der Waals surface area contributed by atoms with E-state index >= 15 is 0 Å². The molecule has 2 unspecified atom stereocenters. The molecule has 0 radical (unpaired) electrons. The fourth-order valence-electron chi connectivity index (χ4n) is 2.37. The van der Waals surface area contributed by atoms with E-state index in [0.29, 0.717) is 11.8 Å². The van der Waals surface area contributed by atoms with E-state index in [9.17, 15) is 0 Å². The van der Waals surface area contributed by atoms with Crippen LogP contribution in [0.2, 0.25) is 0 Å². The highest BCUT2D eigenvalue weighted by atomic mass is 16.5. The number of benzene rings is 1. The number of ether oxygens (including phenoxy) is 1. The molecule has 1 heterocycles. The van der Waals surface area contributed by atoms with Crippen LogP contribution in [-0.4, -0.2) is 19.8 Å². The average molecular weight is 219 g/mol. The van der Waals surface area contributed by atoms with Crippen LogP contribution in [0.25, 0.3) is 0 Å². The SMILES string of the molecule is CC(c1ccc(CCN)cc1)C1CCOC1. The van der Waals surface area contributed by atoms with E-state index in [0.717, 1.165) is 26.2 Å². The lowest BCUT2D eigenvalue weighted by atomic mass is 9.87. The highest BCUT2D eigenvalue weighted by Crippen LogP contribution is 2.30. The summed E-state index contributed by atoms with van der Waals surface area (Å²) in [5, 5.41) is 0. The third-order valence-electron chi connectivity index (χ3n) is 3.61. The van der Waals surface area contributed by atoms with E-state index in [4.69, 9.17) is 10.5 Å². The molecule has 2 N–H and O–H groups in total. The normalized spacial score (nSPS) is 22.2. The molecule has 1 aromatic carbocycles. The molecule has 0 saturated carbocycles. The van der Waals surface area contributed by atoms with E-state index in [-0.39, 0.29) is 0 Å². The monoisotopic (exact) mass is 219 g/mol. The molecule has 16 heavy (non-hydrogen) atoms. The summed E-state index contributed by atoms with van der Waals surface area (Å²) in [5.41, 5.74) is 8.30. The molecule has 2 atom stereocenters. The van der Waals surface area contributed by atoms with Crippen LogP contribution >= 0.6 is 0 Å². The molecule has 1 aliphatic rings. The number of hydrogen-bond donors (Lipinski definition) is 1. The molecule has 1 saturated heterocycles. The summed E-state index contributed by atoms with van der Waals surface area (Å²) < 4.78 is 5.45. The van der Waals surface area contributed by atoms with Crippen molar-refractivity contribution in [2.45, 2.75) is 25.7 Å². The highest BCUT2D eigenvalue weighted by Gasteiger charge is 2.23. The van der Waals surface area contributed by atoms with Gasteiger partial charge in [0.05, 0.1) is 6.61 Å². The van der Waals surface area contributed by atoms with Crippen LogP contribution in [0.15, 0.2) is 24.3 Å². The Bertz CT molecular complexity index is 314. The first kappa shape index (κ1) is 11.6. The molecular weight excluding hydrogens is 198 g/mol. The molecule has 0 bridgehead atoms. The van der Waals surface area contributed by atoms with Gasteiger partial charge in [-0.25, -0.2) is 0 Å². The van der Waals surface area contributed by atoms with Crippen molar-refractivity contribution >= 4 is 0 Å². The largest absolute Gasteiger partial charge is 0.381 e. The van der Waals surface area contributed by atoms with E-state index in [2.05, 4.69) is 31.2 Å². The van der Waals surface area contributed by atoms with Crippen LogP contribution in [0.5, 0.6) is 0 Å². The molecule has 1 fully saturated rings. The lowest BCUT2D eigenvalue weighted by Gasteiger charge is -2.18. The molecule has 0 aromatic heterocycles. The van der Waals surface area contributed by atoms with Crippen LogP contribution in [0, 0.1) is 5.92 Å². The fourth-order valence-corrected chi connectivity index (χ4v) is 2.37. The molecule has 0 spiro atoms. The molecule has 2 nitrogen and oxygen atoms in total. The topological polar surface area (TPSA) is 35.2 Å². The Hall–Kier alpha value is -0.860. The summed E-state index contributed by atoms with van der Waals surface area (Å²) in [7, 11) is 0. The highest BCUT2D eigenvalue weighted by molar-refractivity contribution is 5.25. The van der Waals surface area contributed by atoms with Gasteiger partial charge in [-0.3, -0.25) is 0 Å². The summed E-state index contributed by atoms with van der Waals surface area (Å²) in [6.07, 6.45) is 2.17. The Morgan fingerprint density at radius 2 is 2.12 bits per heavy atom. The first-order valence-corrected chi connectivity index (χ1v) is 6.18. The van der Waals surface area contributed by atoms with Gasteiger partial charge in [0.25, 0.3) is 0 Å². The second-order valence-corrected chi connectivity index (χ2v) is 4.69. The maximum absolute atomic E-state index is 5.54. The standard InChI is InChI=1S/C14H21NO/c1-11(14-7-9-16-10-14)13-4-2-12(3-5-13)6-8-15/h2-5,11,14H,6-10,15H2,1H3. The van der Waals surface area contributed by atoms with Gasteiger partial charge in [0.1, 0.15) is 0 Å². The Kier molecular flexibility index (Phi) is 3.97. The minimum Gasteiger partial charge on any atom is -0.381 e. The van der Waals surface area contributed by atoms with Crippen molar-refractivity contribution in [1.29, 1.82) is 0 Å². The van der Waals surface area contributed by atoms with Gasteiger partial charge in [-0.1, -0.05) is 31.2 Å². The van der Waals surface area contributed by atoms with Crippen LogP contribution < -0.4 is 5.73 Å². The van der Waals surface area contributed by atoms with Gasteiger partial charge in [-0.05, 0) is 42.3 Å². The Morgan fingerprint density at radius 1 is 1.38 bits per heavy atom. The van der Waals surface area contributed by atoms with Gasteiger partial charge in [0.2, 0.25) is 0 Å². The summed E-state index contributed by atoms with van der Waals surface area (Å²) in [4.78, 5) is 0. The second-order valence-electron chi connectivity index (χ2n) is 4.69. The molecule has 88 valence electrons. The van der Waals surface area contributed by atoms with Crippen molar-refractivity contribution in [1.82, 2.24) is 0 Å². The first-order valence-electron chi connectivity index (χ1n) is 6.18. The quantitative estimate of drug-likeness (QED) is 0.843. The maximum Gasteiger partial charge on any atom is 0.0500 e. The summed E-state index contributed by atoms with van der Waals surface area (Å²) in [6, 6.07) is 8.89. The Balaban J connectivity index is 2.02. The molecule has 0 aliphatic carbocycles. The summed E-state index contributed by atoms with van der Waals surface area (Å²) in [5.74, 6) is 1.30. The van der Waals surface area contributed by atoms with Crippen LogP contribution in [0.4, 0.5) is 0 Å². The minimum atomic E-state index is 0.606. The number of hydrogen-bond acceptors (Lipinski definition) is 2. The van der Waals surface area contributed by atoms with Gasteiger partial charge in [0, 0.05) is 6.61 Å². The number of nitrogens with two attached hydrogens (primary N) is 1. The van der Waals surface area contributed by atoms with Crippen molar-refractivity contribution in [2.24, 2.45) is 11.7 Å². The van der Waals surface area contributed by atoms with Gasteiger partial charge < -0.3 is 10.5 Å². The molecular formula is C14H21NO. The lowest BCUT2D eigenvalue weighted by molar-refractivity contribution is 0.181. The van der Waals surface area contributed by atoms with Crippen molar-refractivity contribution in [3.8, 4) is 0 Å². The average Bonchev–Trinajstić information content (AvgIpc) is 2.83. The van der Waals surface area contributed by atoms with Crippen molar-refractivity contribution < 1.29 is 4.74 Å². The predicted octanol–water partition coefficient (Wildman–Crippen LogP) is 2.33. The van der Waals surface area contributed by atoms with Crippen LogP contribution in [-0.2, 0) is 11.2 Å². The molecule has 1 aromatic rings. The summed E-state index contributed by atoms with van der Waals surface area (Å²) in [6.45, 7) is 4.88. The van der Waals surface area contributed by atoms with Crippen molar-refractivity contribution in [2.75, 3.05) is 19.8 Å². The van der Waals surface area contributed by atoms with E-state index in [1.807, 2.05) is 0 Å². The second kappa shape index (κ2) is 5.46. The third kappa shape index (κ3) is 2.63. The van der Waals surface area contributed by atoms with Crippen molar-refractivity contribution in [3.63, 3.8) is 0 Å². The zero-order valence-electron chi connectivity index (χ0n) is 9.99. The fraction of sp³-hybridized carbons (Fsp3) is 0.571.